The molecule has 90 valence electrons. The normalized spacial score (nSPS) is 11.4. The van der Waals surface area contributed by atoms with Crippen LogP contribution in [0.5, 0.6) is 0 Å². The van der Waals surface area contributed by atoms with Crippen LogP contribution in [0.3, 0.4) is 0 Å². The van der Waals surface area contributed by atoms with Crippen LogP contribution in [0.2, 0.25) is 0 Å². The Kier molecular flexibility index (Phi) is 5.29. The summed E-state index contributed by atoms with van der Waals surface area (Å²) in [4.78, 5) is 22.5. The van der Waals surface area contributed by atoms with Crippen LogP contribution >= 0.6 is 12.2 Å². The van der Waals surface area contributed by atoms with E-state index in [0.717, 1.165) is 5.56 Å². The van der Waals surface area contributed by atoms with E-state index < -0.39 is 6.04 Å². The third-order valence-corrected chi connectivity index (χ3v) is 2.36. The van der Waals surface area contributed by atoms with Gasteiger partial charge in [0.1, 0.15) is 6.04 Å². The van der Waals surface area contributed by atoms with Gasteiger partial charge in [-0.2, -0.15) is 0 Å². The van der Waals surface area contributed by atoms with Gasteiger partial charge in [0.25, 0.3) is 0 Å². The highest BCUT2D eigenvalue weighted by molar-refractivity contribution is 7.79. The average molecular weight is 250 g/mol. The average Bonchev–Trinajstić information content (AvgIpc) is 2.34. The van der Waals surface area contributed by atoms with Gasteiger partial charge in [-0.3, -0.25) is 9.59 Å². The van der Waals surface area contributed by atoms with Crippen molar-refractivity contribution >= 4 is 29.4 Å². The molecule has 0 aliphatic carbocycles. The number of carbonyl (C=O) groups excluding carboxylic acids is 2. The van der Waals surface area contributed by atoms with Crippen molar-refractivity contribution < 1.29 is 9.59 Å². The van der Waals surface area contributed by atoms with Crippen LogP contribution in [-0.2, 0) is 16.1 Å². The molecule has 0 radical (unpaired) electrons. The van der Waals surface area contributed by atoms with Gasteiger partial charge in [-0.1, -0.05) is 42.5 Å². The van der Waals surface area contributed by atoms with Crippen LogP contribution < -0.4 is 10.6 Å². The molecule has 0 saturated carbocycles. The lowest BCUT2D eigenvalue weighted by Crippen LogP contribution is -2.46. The molecule has 1 aromatic rings. The van der Waals surface area contributed by atoms with Gasteiger partial charge in [0.15, 0.2) is 0 Å². The Morgan fingerprint density at radius 3 is 2.53 bits per heavy atom. The molecular weight excluding hydrogens is 236 g/mol. The van der Waals surface area contributed by atoms with Crippen LogP contribution in [0, 0.1) is 0 Å². The van der Waals surface area contributed by atoms with E-state index in [2.05, 4.69) is 10.6 Å². The molecule has 17 heavy (non-hydrogen) atoms. The molecule has 4 nitrogen and oxygen atoms in total. The molecule has 0 aromatic heterocycles. The maximum absolute atomic E-state index is 11.7. The molecule has 0 unspecified atom stereocenters. The Labute approximate surface area is 105 Å². The minimum atomic E-state index is -0.758. The van der Waals surface area contributed by atoms with Crippen molar-refractivity contribution in [2.45, 2.75) is 19.5 Å². The SMILES string of the molecule is CC(=O)N[C@@H](C=S)C(=O)NCc1ccccc1. The number of amides is 2. The smallest absolute Gasteiger partial charge is 0.247 e. The molecule has 1 rings (SSSR count). The molecule has 0 heterocycles. The second kappa shape index (κ2) is 6.75. The minimum Gasteiger partial charge on any atom is -0.350 e. The van der Waals surface area contributed by atoms with Crippen LogP contribution in [-0.4, -0.2) is 23.2 Å². The Morgan fingerprint density at radius 1 is 1.35 bits per heavy atom. The third-order valence-electron chi connectivity index (χ3n) is 2.09. The van der Waals surface area contributed by atoms with Crippen molar-refractivity contribution in [1.29, 1.82) is 0 Å². The molecule has 1 aromatic carbocycles. The largest absolute Gasteiger partial charge is 0.350 e. The molecular formula is C12H14N2O2S. The highest BCUT2D eigenvalue weighted by atomic mass is 32.1. The van der Waals surface area contributed by atoms with Gasteiger partial charge < -0.3 is 10.6 Å². The van der Waals surface area contributed by atoms with Crippen molar-refractivity contribution in [2.24, 2.45) is 0 Å². The number of rotatable bonds is 5. The van der Waals surface area contributed by atoms with E-state index >= 15 is 0 Å². The van der Waals surface area contributed by atoms with Gasteiger partial charge in [0.2, 0.25) is 11.8 Å². The van der Waals surface area contributed by atoms with Crippen molar-refractivity contribution in [2.75, 3.05) is 0 Å². The predicted octanol–water partition coefficient (Wildman–Crippen LogP) is 0.807. The van der Waals surface area contributed by atoms with Gasteiger partial charge in [0, 0.05) is 18.8 Å². The van der Waals surface area contributed by atoms with Crippen molar-refractivity contribution in [3.63, 3.8) is 0 Å². The summed E-state index contributed by atoms with van der Waals surface area (Å²) in [7, 11) is 0. The van der Waals surface area contributed by atoms with Gasteiger partial charge >= 0.3 is 0 Å². The van der Waals surface area contributed by atoms with Gasteiger partial charge in [-0.15, -0.1) is 0 Å². The molecule has 0 bridgehead atoms. The quantitative estimate of drug-likeness (QED) is 0.760. The molecule has 0 aliphatic heterocycles. The number of hydrogen-bond acceptors (Lipinski definition) is 3. The summed E-state index contributed by atoms with van der Waals surface area (Å²) in [6.45, 7) is 1.76. The number of thiocarbonyl (C=S) groups is 1. The highest BCUT2D eigenvalue weighted by Gasteiger charge is 2.15. The lowest BCUT2D eigenvalue weighted by Gasteiger charge is -2.12. The third kappa shape index (κ3) is 4.74. The molecule has 2 N–H and O–H groups in total. The molecule has 1 atom stereocenters. The van der Waals surface area contributed by atoms with E-state index in [-0.39, 0.29) is 11.8 Å². The number of carbonyl (C=O) groups is 2. The summed E-state index contributed by atoms with van der Waals surface area (Å²) >= 11 is 4.70. The Hall–Kier alpha value is -1.75. The second-order valence-electron chi connectivity index (χ2n) is 3.52. The van der Waals surface area contributed by atoms with E-state index in [1.165, 1.54) is 12.3 Å². The zero-order valence-corrected chi connectivity index (χ0v) is 10.3. The summed E-state index contributed by atoms with van der Waals surface area (Å²) < 4.78 is 0. The standard InChI is InChI=1S/C12H14N2O2S/c1-9(15)14-11(8-17)12(16)13-7-10-5-3-2-4-6-10/h2-6,8,11H,7H2,1H3,(H,13,16)(H,14,15)/t11-/m0/s1. The van der Waals surface area contributed by atoms with Gasteiger partial charge in [-0.25, -0.2) is 0 Å². The van der Waals surface area contributed by atoms with Crippen LogP contribution in [0.1, 0.15) is 12.5 Å². The Bertz CT molecular complexity index is 406. The fourth-order valence-corrected chi connectivity index (χ4v) is 1.47. The molecule has 0 saturated heterocycles. The lowest BCUT2D eigenvalue weighted by atomic mass is 10.2. The maximum atomic E-state index is 11.7. The Balaban J connectivity index is 2.48. The van der Waals surface area contributed by atoms with E-state index in [4.69, 9.17) is 12.2 Å². The number of nitrogens with one attached hydrogen (secondary N) is 2. The highest BCUT2D eigenvalue weighted by Crippen LogP contribution is 1.97. The van der Waals surface area contributed by atoms with E-state index in [0.29, 0.717) is 6.54 Å². The number of benzene rings is 1. The lowest BCUT2D eigenvalue weighted by molar-refractivity contribution is -0.126. The van der Waals surface area contributed by atoms with Crippen molar-refractivity contribution in [3.8, 4) is 0 Å². The molecule has 2 amide bonds. The zero-order valence-electron chi connectivity index (χ0n) is 9.47. The molecule has 5 heteroatoms. The molecule has 0 spiro atoms. The van der Waals surface area contributed by atoms with Gasteiger partial charge in [0.05, 0.1) is 0 Å². The van der Waals surface area contributed by atoms with Gasteiger partial charge in [-0.05, 0) is 5.56 Å². The van der Waals surface area contributed by atoms with E-state index in [1.807, 2.05) is 30.3 Å². The topological polar surface area (TPSA) is 58.2 Å². The fourth-order valence-electron chi connectivity index (χ4n) is 1.28. The number of hydrogen-bond donors (Lipinski definition) is 2. The van der Waals surface area contributed by atoms with Crippen LogP contribution in [0.15, 0.2) is 30.3 Å². The fraction of sp³-hybridized carbons (Fsp3) is 0.250. The summed E-state index contributed by atoms with van der Waals surface area (Å²) in [5.41, 5.74) is 0.992. The predicted molar refractivity (Wildman–Crippen MR) is 69.5 cm³/mol. The first-order valence-corrected chi connectivity index (χ1v) is 5.64. The van der Waals surface area contributed by atoms with Crippen LogP contribution in [0.25, 0.3) is 0 Å². The summed E-state index contributed by atoms with van der Waals surface area (Å²) in [6, 6.07) is 8.75. The van der Waals surface area contributed by atoms with E-state index in [1.54, 1.807) is 0 Å². The first-order valence-electron chi connectivity index (χ1n) is 5.17. The maximum Gasteiger partial charge on any atom is 0.247 e. The minimum absolute atomic E-state index is 0.286. The first kappa shape index (κ1) is 13.3. The zero-order chi connectivity index (χ0) is 12.7. The monoisotopic (exact) mass is 250 g/mol. The first-order chi connectivity index (χ1) is 8.13. The summed E-state index contributed by atoms with van der Waals surface area (Å²) in [5.74, 6) is -0.593. The molecule has 0 fully saturated rings. The summed E-state index contributed by atoms with van der Waals surface area (Å²) in [5, 5.41) is 6.40. The Morgan fingerprint density at radius 2 is 2.00 bits per heavy atom. The van der Waals surface area contributed by atoms with Crippen LogP contribution in [0.4, 0.5) is 0 Å². The van der Waals surface area contributed by atoms with Crippen molar-refractivity contribution in [3.05, 3.63) is 35.9 Å². The van der Waals surface area contributed by atoms with E-state index in [9.17, 15) is 9.59 Å². The second-order valence-corrected chi connectivity index (χ2v) is 3.79. The summed E-state index contributed by atoms with van der Waals surface area (Å²) in [6.07, 6.45) is 0. The molecule has 0 aliphatic rings. The van der Waals surface area contributed by atoms with Crippen molar-refractivity contribution in [1.82, 2.24) is 10.6 Å².